The number of piperidine rings is 1. The van der Waals surface area contributed by atoms with Crippen LogP contribution in [0.25, 0.3) is 0 Å². The molecule has 9 heteroatoms. The molecule has 0 bridgehead atoms. The number of nitro groups is 1. The third-order valence-electron chi connectivity index (χ3n) is 3.36. The molecule has 1 aliphatic rings. The molecule has 2 heterocycles. The Morgan fingerprint density at radius 3 is 2.71 bits per heavy atom. The van der Waals surface area contributed by atoms with E-state index in [1.165, 1.54) is 4.90 Å². The number of rotatable bonds is 2. The Hall–Kier alpha value is -1.90. The first-order valence-corrected chi connectivity index (χ1v) is 6.29. The second-order valence-electron chi connectivity index (χ2n) is 5.34. The molecule has 0 saturated carbocycles. The van der Waals surface area contributed by atoms with Gasteiger partial charge in [-0.05, 0) is 25.8 Å². The first-order chi connectivity index (χ1) is 9.60. The van der Waals surface area contributed by atoms with Gasteiger partial charge in [0.15, 0.2) is 0 Å². The van der Waals surface area contributed by atoms with Crippen molar-refractivity contribution in [2.45, 2.75) is 31.5 Å². The summed E-state index contributed by atoms with van der Waals surface area (Å²) in [6.07, 6.45) is -3.04. The summed E-state index contributed by atoms with van der Waals surface area (Å²) < 4.78 is 38.2. The van der Waals surface area contributed by atoms with Crippen LogP contribution in [-0.2, 0) is 6.18 Å². The Morgan fingerprint density at radius 2 is 2.19 bits per heavy atom. The van der Waals surface area contributed by atoms with E-state index in [-0.39, 0.29) is 12.2 Å². The molecule has 1 atom stereocenters. The fourth-order valence-electron chi connectivity index (χ4n) is 2.41. The van der Waals surface area contributed by atoms with Gasteiger partial charge in [-0.3, -0.25) is 10.1 Å². The first kappa shape index (κ1) is 15.5. The molecule has 1 fully saturated rings. The molecule has 0 spiro atoms. The summed E-state index contributed by atoms with van der Waals surface area (Å²) >= 11 is 0. The van der Waals surface area contributed by atoms with Crippen LogP contribution in [-0.4, -0.2) is 33.7 Å². The lowest BCUT2D eigenvalue weighted by molar-refractivity contribution is -0.384. The molecule has 0 radical (unpaired) electrons. The van der Waals surface area contributed by atoms with Gasteiger partial charge in [0.2, 0.25) is 0 Å². The summed E-state index contributed by atoms with van der Waals surface area (Å²) in [4.78, 5) is 14.7. The van der Waals surface area contributed by atoms with E-state index in [1.807, 2.05) is 0 Å². The summed E-state index contributed by atoms with van der Waals surface area (Å²) in [6.45, 7) is 1.93. The molecule has 0 amide bonds. The van der Waals surface area contributed by atoms with Gasteiger partial charge in [0.05, 0.1) is 10.5 Å². The van der Waals surface area contributed by atoms with Crippen molar-refractivity contribution in [3.63, 3.8) is 0 Å². The molecule has 1 aromatic rings. The minimum absolute atomic E-state index is 0.0369. The van der Waals surface area contributed by atoms with Crippen molar-refractivity contribution < 1.29 is 23.2 Å². The number of hydrogen-bond donors (Lipinski definition) is 1. The number of pyridine rings is 1. The van der Waals surface area contributed by atoms with Crippen LogP contribution >= 0.6 is 0 Å². The van der Waals surface area contributed by atoms with Crippen molar-refractivity contribution in [2.24, 2.45) is 0 Å². The Morgan fingerprint density at radius 1 is 1.52 bits per heavy atom. The zero-order valence-corrected chi connectivity index (χ0v) is 11.2. The average molecular weight is 305 g/mol. The Balaban J connectivity index is 2.46. The minimum Gasteiger partial charge on any atom is -0.388 e. The highest BCUT2D eigenvalue weighted by Gasteiger charge is 2.37. The van der Waals surface area contributed by atoms with Gasteiger partial charge in [0, 0.05) is 13.1 Å². The number of aromatic nitrogens is 1. The molecule has 1 saturated heterocycles. The van der Waals surface area contributed by atoms with E-state index < -0.39 is 28.1 Å². The number of alkyl halides is 3. The van der Waals surface area contributed by atoms with Crippen LogP contribution < -0.4 is 4.90 Å². The van der Waals surface area contributed by atoms with E-state index in [9.17, 15) is 28.4 Å². The monoisotopic (exact) mass is 305 g/mol. The zero-order valence-electron chi connectivity index (χ0n) is 11.2. The molecule has 21 heavy (non-hydrogen) atoms. The second-order valence-corrected chi connectivity index (χ2v) is 5.34. The lowest BCUT2D eigenvalue weighted by Crippen LogP contribution is -2.46. The smallest absolute Gasteiger partial charge is 0.388 e. The number of hydrogen-bond acceptors (Lipinski definition) is 5. The average Bonchev–Trinajstić information content (AvgIpc) is 2.35. The van der Waals surface area contributed by atoms with Crippen LogP contribution in [0.4, 0.5) is 24.5 Å². The molecule has 0 aromatic carbocycles. The predicted molar refractivity (Wildman–Crippen MR) is 68.0 cm³/mol. The van der Waals surface area contributed by atoms with Crippen LogP contribution in [0.1, 0.15) is 25.5 Å². The zero-order chi connectivity index (χ0) is 15.8. The van der Waals surface area contributed by atoms with Crippen LogP contribution in [0.3, 0.4) is 0 Å². The van der Waals surface area contributed by atoms with Gasteiger partial charge in [-0.2, -0.15) is 13.2 Å². The van der Waals surface area contributed by atoms with Gasteiger partial charge < -0.3 is 10.0 Å². The largest absolute Gasteiger partial charge is 0.433 e. The molecular formula is C12H14F3N3O3. The maximum Gasteiger partial charge on any atom is 0.433 e. The van der Waals surface area contributed by atoms with Crippen molar-refractivity contribution in [2.75, 3.05) is 18.0 Å². The van der Waals surface area contributed by atoms with E-state index in [2.05, 4.69) is 4.98 Å². The molecule has 2 rings (SSSR count). The Kier molecular flexibility index (Phi) is 3.79. The summed E-state index contributed by atoms with van der Waals surface area (Å²) in [5, 5.41) is 21.0. The molecule has 1 aromatic heterocycles. The van der Waals surface area contributed by atoms with Crippen molar-refractivity contribution in [3.8, 4) is 0 Å². The summed E-state index contributed by atoms with van der Waals surface area (Å²) in [5.41, 5.74) is -2.94. The molecule has 0 aliphatic carbocycles. The number of halogens is 3. The van der Waals surface area contributed by atoms with Crippen molar-refractivity contribution in [1.29, 1.82) is 0 Å². The molecule has 6 nitrogen and oxygen atoms in total. The van der Waals surface area contributed by atoms with E-state index in [1.54, 1.807) is 6.92 Å². The van der Waals surface area contributed by atoms with Crippen molar-refractivity contribution in [1.82, 2.24) is 4.98 Å². The second kappa shape index (κ2) is 5.14. The van der Waals surface area contributed by atoms with E-state index in [0.29, 0.717) is 31.6 Å². The lowest BCUT2D eigenvalue weighted by atomic mass is 9.94. The van der Waals surface area contributed by atoms with Gasteiger partial charge >= 0.3 is 11.9 Å². The molecular weight excluding hydrogens is 291 g/mol. The van der Waals surface area contributed by atoms with E-state index in [0.717, 1.165) is 0 Å². The van der Waals surface area contributed by atoms with Crippen LogP contribution in [0, 0.1) is 10.1 Å². The van der Waals surface area contributed by atoms with Gasteiger partial charge in [0.1, 0.15) is 17.6 Å². The first-order valence-electron chi connectivity index (χ1n) is 6.29. The number of aliphatic hydroxyl groups is 1. The number of β-amino-alcohol motifs (C(OH)–C–C–N with tert-alkyl or cyclic N) is 1. The molecule has 1 unspecified atom stereocenters. The third-order valence-corrected chi connectivity index (χ3v) is 3.36. The van der Waals surface area contributed by atoms with Gasteiger partial charge in [-0.15, -0.1) is 0 Å². The minimum atomic E-state index is -4.68. The SMILES string of the molecule is CC1(O)CCCN(c2cc(C(F)(F)F)ncc2[N+](=O)[O-])C1. The van der Waals surface area contributed by atoms with Crippen LogP contribution in [0.15, 0.2) is 12.3 Å². The van der Waals surface area contributed by atoms with E-state index in [4.69, 9.17) is 0 Å². The van der Waals surface area contributed by atoms with Crippen LogP contribution in [0.2, 0.25) is 0 Å². The molecule has 1 N–H and O–H groups in total. The van der Waals surface area contributed by atoms with Crippen molar-refractivity contribution in [3.05, 3.63) is 28.1 Å². The highest BCUT2D eigenvalue weighted by Crippen LogP contribution is 2.36. The normalized spacial score (nSPS) is 23.2. The summed E-state index contributed by atoms with van der Waals surface area (Å²) in [7, 11) is 0. The highest BCUT2D eigenvalue weighted by atomic mass is 19.4. The highest BCUT2D eigenvalue weighted by molar-refractivity contribution is 5.63. The van der Waals surface area contributed by atoms with Gasteiger partial charge in [-0.25, -0.2) is 4.98 Å². The Bertz CT molecular complexity index is 560. The number of anilines is 1. The quantitative estimate of drug-likeness (QED) is 0.670. The summed E-state index contributed by atoms with van der Waals surface area (Å²) in [5.74, 6) is 0. The van der Waals surface area contributed by atoms with Crippen LogP contribution in [0.5, 0.6) is 0 Å². The topological polar surface area (TPSA) is 79.5 Å². The fraction of sp³-hybridized carbons (Fsp3) is 0.583. The lowest BCUT2D eigenvalue weighted by Gasteiger charge is -2.37. The summed E-state index contributed by atoms with van der Waals surface area (Å²) in [6, 6.07) is 0.666. The molecule has 116 valence electrons. The standard InChI is InChI=1S/C12H14F3N3O3/c1-11(19)3-2-4-17(7-11)8-5-10(12(13,14)15)16-6-9(8)18(20)21/h5-6,19H,2-4,7H2,1H3. The fourth-order valence-corrected chi connectivity index (χ4v) is 2.41. The Labute approximate surface area is 118 Å². The third kappa shape index (κ3) is 3.41. The van der Waals surface area contributed by atoms with Gasteiger partial charge in [-0.1, -0.05) is 0 Å². The maximum atomic E-state index is 12.7. The van der Waals surface area contributed by atoms with Gasteiger partial charge in [0.25, 0.3) is 0 Å². The van der Waals surface area contributed by atoms with Crippen molar-refractivity contribution >= 4 is 11.4 Å². The van der Waals surface area contributed by atoms with E-state index >= 15 is 0 Å². The number of nitrogens with zero attached hydrogens (tertiary/aromatic N) is 3. The molecule has 1 aliphatic heterocycles. The maximum absolute atomic E-state index is 12.7. The predicted octanol–water partition coefficient (Wildman–Crippen LogP) is 2.36.